The second-order valence-corrected chi connectivity index (χ2v) is 4.38. The summed E-state index contributed by atoms with van der Waals surface area (Å²) in [6.45, 7) is 2.24. The molecule has 2 aromatic rings. The Kier molecular flexibility index (Phi) is 3.33. The van der Waals surface area contributed by atoms with Gasteiger partial charge in [-0.2, -0.15) is 4.37 Å². The third-order valence-corrected chi connectivity index (χ3v) is 2.69. The van der Waals surface area contributed by atoms with E-state index in [0.717, 1.165) is 4.88 Å². The molecule has 0 saturated heterocycles. The molecular weight excluding hydrogens is 244 g/mol. The third kappa shape index (κ3) is 3.00. The quantitative estimate of drug-likeness (QED) is 0.805. The molecule has 7 nitrogen and oxygen atoms in total. The van der Waals surface area contributed by atoms with Crippen molar-refractivity contribution in [2.75, 3.05) is 6.54 Å². The number of aromatic nitrogens is 3. The molecule has 0 aliphatic heterocycles. The lowest BCUT2D eigenvalue weighted by Crippen LogP contribution is -2.26. The van der Waals surface area contributed by atoms with Gasteiger partial charge in [-0.3, -0.25) is 14.3 Å². The van der Waals surface area contributed by atoms with E-state index in [1.165, 1.54) is 11.5 Å². The summed E-state index contributed by atoms with van der Waals surface area (Å²) in [6.07, 6.45) is 0.403. The Bertz CT molecular complexity index is 571. The van der Waals surface area contributed by atoms with Gasteiger partial charge in [0.2, 0.25) is 0 Å². The number of nitrogens with one attached hydrogen (secondary N) is 2. The van der Waals surface area contributed by atoms with Crippen molar-refractivity contribution in [3.05, 3.63) is 33.0 Å². The monoisotopic (exact) mass is 254 g/mol. The van der Waals surface area contributed by atoms with E-state index in [0.29, 0.717) is 24.5 Å². The first-order valence-electron chi connectivity index (χ1n) is 4.91. The summed E-state index contributed by atoms with van der Waals surface area (Å²) in [5.41, 5.74) is 0.404. The molecule has 2 aromatic heterocycles. The van der Waals surface area contributed by atoms with Gasteiger partial charge in [0, 0.05) is 17.8 Å². The first-order chi connectivity index (χ1) is 8.15. The van der Waals surface area contributed by atoms with Crippen molar-refractivity contribution in [3.8, 4) is 0 Å². The highest BCUT2D eigenvalue weighted by atomic mass is 32.1. The molecule has 0 aliphatic rings. The average Bonchev–Trinajstić information content (AvgIpc) is 2.88. The van der Waals surface area contributed by atoms with Crippen LogP contribution in [0.4, 0.5) is 0 Å². The highest BCUT2D eigenvalue weighted by Gasteiger charge is 2.09. The third-order valence-electron chi connectivity index (χ3n) is 1.99. The topological polar surface area (TPSA) is 101 Å². The van der Waals surface area contributed by atoms with Crippen molar-refractivity contribution in [1.82, 2.24) is 19.8 Å². The van der Waals surface area contributed by atoms with Gasteiger partial charge in [-0.05, 0) is 24.5 Å². The van der Waals surface area contributed by atoms with E-state index in [2.05, 4.69) is 24.4 Å². The summed E-state index contributed by atoms with van der Waals surface area (Å²) in [5.74, 6) is -0.425. The van der Waals surface area contributed by atoms with Crippen molar-refractivity contribution in [1.29, 1.82) is 0 Å². The number of hydrogen-bond donors (Lipinski definition) is 2. The largest absolute Gasteiger partial charge is 0.438 e. The van der Waals surface area contributed by atoms with E-state index in [9.17, 15) is 9.59 Å². The first-order valence-corrected chi connectivity index (χ1v) is 5.69. The number of carbonyl (C=O) groups is 1. The maximum absolute atomic E-state index is 11.6. The standard InChI is InChI=1S/C9H10N4O3S/c1-5-4-6(13-17-5)8(14)10-3-2-7-11-9(15)16-12-7/h4H,2-3H2,1H3,(H,10,14)(H,11,12,15). The van der Waals surface area contributed by atoms with Gasteiger partial charge in [-0.1, -0.05) is 5.16 Å². The summed E-state index contributed by atoms with van der Waals surface area (Å²) in [4.78, 5) is 25.6. The molecule has 0 atom stereocenters. The zero-order valence-corrected chi connectivity index (χ0v) is 9.84. The van der Waals surface area contributed by atoms with Gasteiger partial charge in [0.25, 0.3) is 5.91 Å². The number of aryl methyl sites for hydroxylation is 1. The molecule has 17 heavy (non-hydrogen) atoms. The molecule has 0 spiro atoms. The van der Waals surface area contributed by atoms with Crippen LogP contribution in [0.3, 0.4) is 0 Å². The van der Waals surface area contributed by atoms with Crippen LogP contribution in [0.15, 0.2) is 15.4 Å². The molecular formula is C9H10N4O3S. The summed E-state index contributed by atoms with van der Waals surface area (Å²) in [6, 6.07) is 1.72. The number of nitrogens with zero attached hydrogens (tertiary/aromatic N) is 2. The number of amides is 1. The van der Waals surface area contributed by atoms with Gasteiger partial charge in [0.15, 0.2) is 5.82 Å². The van der Waals surface area contributed by atoms with Crippen LogP contribution in [-0.2, 0) is 6.42 Å². The van der Waals surface area contributed by atoms with E-state index in [-0.39, 0.29) is 5.91 Å². The summed E-state index contributed by atoms with van der Waals surface area (Å²) < 4.78 is 8.31. The van der Waals surface area contributed by atoms with Crippen molar-refractivity contribution in [3.63, 3.8) is 0 Å². The number of aromatic amines is 1. The Balaban J connectivity index is 1.83. The predicted octanol–water partition coefficient (Wildman–Crippen LogP) is 0.100. The predicted molar refractivity (Wildman–Crippen MR) is 60.0 cm³/mol. The van der Waals surface area contributed by atoms with Crippen LogP contribution in [0.5, 0.6) is 0 Å². The zero-order chi connectivity index (χ0) is 12.3. The molecule has 0 radical (unpaired) electrons. The van der Waals surface area contributed by atoms with E-state index < -0.39 is 5.76 Å². The highest BCUT2D eigenvalue weighted by molar-refractivity contribution is 7.05. The molecule has 0 saturated carbocycles. The van der Waals surface area contributed by atoms with Gasteiger partial charge in [0.1, 0.15) is 5.69 Å². The fourth-order valence-electron chi connectivity index (χ4n) is 1.23. The molecule has 2 N–H and O–H groups in total. The maximum Gasteiger partial charge on any atom is 0.438 e. The Hall–Kier alpha value is -1.96. The Morgan fingerprint density at radius 1 is 1.65 bits per heavy atom. The molecule has 0 fully saturated rings. The highest BCUT2D eigenvalue weighted by Crippen LogP contribution is 2.07. The molecule has 2 heterocycles. The van der Waals surface area contributed by atoms with E-state index >= 15 is 0 Å². The number of H-pyrrole nitrogens is 1. The van der Waals surface area contributed by atoms with Crippen LogP contribution in [0.1, 0.15) is 21.2 Å². The van der Waals surface area contributed by atoms with Crippen molar-refractivity contribution in [2.45, 2.75) is 13.3 Å². The van der Waals surface area contributed by atoms with E-state index in [1.54, 1.807) is 6.07 Å². The summed E-state index contributed by atoms with van der Waals surface area (Å²) in [7, 11) is 0. The Morgan fingerprint density at radius 3 is 3.06 bits per heavy atom. The minimum absolute atomic E-state index is 0.236. The molecule has 0 aliphatic carbocycles. The molecule has 0 aromatic carbocycles. The minimum atomic E-state index is -0.596. The van der Waals surface area contributed by atoms with Crippen LogP contribution in [0.25, 0.3) is 0 Å². The van der Waals surface area contributed by atoms with Crippen LogP contribution in [-0.4, -0.2) is 27.0 Å². The second-order valence-electron chi connectivity index (χ2n) is 3.37. The van der Waals surface area contributed by atoms with Crippen molar-refractivity contribution >= 4 is 17.4 Å². The van der Waals surface area contributed by atoms with Crippen LogP contribution < -0.4 is 11.1 Å². The van der Waals surface area contributed by atoms with E-state index in [4.69, 9.17) is 0 Å². The fraction of sp³-hybridized carbons (Fsp3) is 0.333. The smallest absolute Gasteiger partial charge is 0.350 e. The SMILES string of the molecule is Cc1cc(C(=O)NCCc2noc(=O)[nH]2)ns1. The summed E-state index contributed by atoms with van der Waals surface area (Å²) in [5, 5.41) is 6.15. The first kappa shape index (κ1) is 11.5. The molecule has 8 heteroatoms. The van der Waals surface area contributed by atoms with Gasteiger partial charge < -0.3 is 5.32 Å². The lowest BCUT2D eigenvalue weighted by Gasteiger charge is -1.99. The van der Waals surface area contributed by atoms with Crippen LogP contribution >= 0.6 is 11.5 Å². The lowest BCUT2D eigenvalue weighted by atomic mass is 10.3. The molecule has 0 bridgehead atoms. The Morgan fingerprint density at radius 2 is 2.47 bits per heavy atom. The fourth-order valence-corrected chi connectivity index (χ4v) is 1.77. The molecule has 1 amide bonds. The van der Waals surface area contributed by atoms with Crippen LogP contribution in [0, 0.1) is 6.92 Å². The number of rotatable bonds is 4. The van der Waals surface area contributed by atoms with Gasteiger partial charge in [-0.15, -0.1) is 0 Å². The number of hydrogen-bond acceptors (Lipinski definition) is 6. The summed E-state index contributed by atoms with van der Waals surface area (Å²) >= 11 is 1.28. The van der Waals surface area contributed by atoms with Crippen molar-refractivity contribution in [2.24, 2.45) is 0 Å². The minimum Gasteiger partial charge on any atom is -0.350 e. The van der Waals surface area contributed by atoms with Gasteiger partial charge in [-0.25, -0.2) is 4.79 Å². The van der Waals surface area contributed by atoms with E-state index in [1.807, 2.05) is 6.92 Å². The average molecular weight is 254 g/mol. The zero-order valence-electron chi connectivity index (χ0n) is 9.02. The molecule has 0 unspecified atom stereocenters. The van der Waals surface area contributed by atoms with Crippen molar-refractivity contribution < 1.29 is 9.32 Å². The Labute approximate surface area is 100 Å². The van der Waals surface area contributed by atoms with Gasteiger partial charge in [0.05, 0.1) is 0 Å². The lowest BCUT2D eigenvalue weighted by molar-refractivity contribution is 0.0950. The number of carbonyl (C=O) groups excluding carboxylic acids is 1. The maximum atomic E-state index is 11.6. The van der Waals surface area contributed by atoms with Gasteiger partial charge >= 0.3 is 5.76 Å². The van der Waals surface area contributed by atoms with Crippen LogP contribution in [0.2, 0.25) is 0 Å². The second kappa shape index (κ2) is 4.91. The molecule has 2 rings (SSSR count). The normalized spacial score (nSPS) is 10.4. The molecule has 90 valence electrons.